The van der Waals surface area contributed by atoms with E-state index in [1.807, 2.05) is 24.3 Å². The van der Waals surface area contributed by atoms with Crippen molar-refractivity contribution in [2.75, 3.05) is 33.4 Å². The maximum atomic E-state index is 12.3. The van der Waals surface area contributed by atoms with E-state index in [0.29, 0.717) is 11.5 Å². The van der Waals surface area contributed by atoms with E-state index in [9.17, 15) is 4.79 Å². The highest BCUT2D eigenvalue weighted by Crippen LogP contribution is 2.26. The van der Waals surface area contributed by atoms with E-state index in [0.717, 1.165) is 25.3 Å². The van der Waals surface area contributed by atoms with Crippen molar-refractivity contribution in [3.8, 4) is 11.5 Å². The normalized spacial score (nSPS) is 22.0. The van der Waals surface area contributed by atoms with E-state index in [1.54, 1.807) is 7.11 Å². The number of hydrogen-bond acceptors (Lipinski definition) is 4. The van der Waals surface area contributed by atoms with Gasteiger partial charge in [0.25, 0.3) is 5.91 Å². The number of piperidine rings is 1. The Bertz CT molecular complexity index is 572. The Morgan fingerprint density at radius 1 is 1.12 bits per heavy atom. The molecule has 1 N–H and O–H groups in total. The molecule has 2 aliphatic rings. The van der Waals surface area contributed by atoms with Crippen LogP contribution in [0.15, 0.2) is 24.3 Å². The molecule has 1 heterocycles. The Kier molecular flexibility index (Phi) is 7.18. The highest BCUT2D eigenvalue weighted by molar-refractivity contribution is 5.78. The van der Waals surface area contributed by atoms with Gasteiger partial charge in [-0.05, 0) is 50.3 Å². The Balaban J connectivity index is 1.42. The Morgan fingerprint density at radius 3 is 2.65 bits per heavy atom. The molecule has 1 aromatic carbocycles. The zero-order valence-electron chi connectivity index (χ0n) is 15.9. The van der Waals surface area contributed by atoms with Crippen LogP contribution in [0.2, 0.25) is 0 Å². The van der Waals surface area contributed by atoms with Gasteiger partial charge < -0.3 is 19.7 Å². The summed E-state index contributed by atoms with van der Waals surface area (Å²) in [5.41, 5.74) is 0. The van der Waals surface area contributed by atoms with Gasteiger partial charge >= 0.3 is 0 Å². The zero-order chi connectivity index (χ0) is 18.2. The number of rotatable bonds is 7. The number of methoxy groups -OCH3 is 1. The van der Waals surface area contributed by atoms with Crippen molar-refractivity contribution in [2.45, 2.75) is 51.0 Å². The van der Waals surface area contributed by atoms with Gasteiger partial charge in [0, 0.05) is 19.1 Å². The maximum Gasteiger partial charge on any atom is 0.258 e. The zero-order valence-corrected chi connectivity index (χ0v) is 15.9. The maximum absolute atomic E-state index is 12.3. The molecule has 1 atom stereocenters. The summed E-state index contributed by atoms with van der Waals surface area (Å²) in [5.74, 6) is 2.05. The monoisotopic (exact) mass is 360 g/mol. The van der Waals surface area contributed by atoms with Crippen molar-refractivity contribution < 1.29 is 14.3 Å². The van der Waals surface area contributed by atoms with Crippen molar-refractivity contribution in [1.82, 2.24) is 10.2 Å². The summed E-state index contributed by atoms with van der Waals surface area (Å²) < 4.78 is 10.9. The van der Waals surface area contributed by atoms with Crippen LogP contribution in [0.1, 0.15) is 44.9 Å². The minimum absolute atomic E-state index is 0.0273. The fraction of sp³-hybridized carbons (Fsp3) is 0.667. The van der Waals surface area contributed by atoms with Gasteiger partial charge in [0.15, 0.2) is 18.1 Å². The number of para-hydroxylation sites is 2. The van der Waals surface area contributed by atoms with Gasteiger partial charge in [-0.25, -0.2) is 0 Å². The van der Waals surface area contributed by atoms with Crippen LogP contribution in [-0.2, 0) is 4.79 Å². The first kappa shape index (κ1) is 19.0. The van der Waals surface area contributed by atoms with Crippen LogP contribution in [0.25, 0.3) is 0 Å². The van der Waals surface area contributed by atoms with Gasteiger partial charge in [0.2, 0.25) is 0 Å². The Labute approximate surface area is 157 Å². The predicted octanol–water partition coefficient (Wildman–Crippen LogP) is 3.23. The van der Waals surface area contributed by atoms with Gasteiger partial charge in [-0.3, -0.25) is 4.79 Å². The van der Waals surface area contributed by atoms with Gasteiger partial charge in [-0.2, -0.15) is 0 Å². The Hall–Kier alpha value is -1.75. The number of likely N-dealkylation sites (tertiary alicyclic amines) is 1. The van der Waals surface area contributed by atoms with Crippen molar-refractivity contribution >= 4 is 5.91 Å². The second kappa shape index (κ2) is 9.81. The number of carbonyl (C=O) groups is 1. The molecule has 1 aromatic rings. The van der Waals surface area contributed by atoms with Crippen LogP contribution in [0.4, 0.5) is 0 Å². The number of amides is 1. The molecule has 3 rings (SSSR count). The molecule has 0 radical (unpaired) electrons. The van der Waals surface area contributed by atoms with E-state index in [1.165, 1.54) is 45.2 Å². The van der Waals surface area contributed by atoms with Crippen molar-refractivity contribution in [3.63, 3.8) is 0 Å². The molecule has 1 amide bonds. The smallest absolute Gasteiger partial charge is 0.258 e. The van der Waals surface area contributed by atoms with Crippen LogP contribution in [0.5, 0.6) is 11.5 Å². The molecule has 2 fully saturated rings. The quantitative estimate of drug-likeness (QED) is 0.811. The van der Waals surface area contributed by atoms with Gasteiger partial charge in [0.1, 0.15) is 0 Å². The van der Waals surface area contributed by atoms with Crippen LogP contribution < -0.4 is 14.8 Å². The molecule has 26 heavy (non-hydrogen) atoms. The third-order valence-corrected chi connectivity index (χ3v) is 5.54. The number of benzene rings is 1. The first-order chi connectivity index (χ1) is 12.7. The molecule has 0 spiro atoms. The summed E-state index contributed by atoms with van der Waals surface area (Å²) in [6.45, 7) is 3.36. The van der Waals surface area contributed by atoms with E-state index >= 15 is 0 Å². The highest BCUT2D eigenvalue weighted by Gasteiger charge is 2.24. The molecule has 5 heteroatoms. The molecular weight excluding hydrogens is 328 g/mol. The molecule has 144 valence electrons. The minimum Gasteiger partial charge on any atom is -0.493 e. The fourth-order valence-electron chi connectivity index (χ4n) is 4.22. The summed E-state index contributed by atoms with van der Waals surface area (Å²) >= 11 is 0. The van der Waals surface area contributed by atoms with Crippen molar-refractivity contribution in [3.05, 3.63) is 24.3 Å². The number of hydrogen-bond donors (Lipinski definition) is 1. The predicted molar refractivity (Wildman–Crippen MR) is 103 cm³/mol. The number of nitrogens with one attached hydrogen (secondary N) is 1. The van der Waals surface area contributed by atoms with Gasteiger partial charge in [0.05, 0.1) is 7.11 Å². The minimum atomic E-state index is -0.0552. The third kappa shape index (κ3) is 5.63. The molecule has 0 aromatic heterocycles. The van der Waals surface area contributed by atoms with Crippen molar-refractivity contribution in [1.29, 1.82) is 0 Å². The van der Waals surface area contributed by atoms with Crippen LogP contribution in [0.3, 0.4) is 0 Å². The molecule has 0 unspecified atom stereocenters. The second-order valence-corrected chi connectivity index (χ2v) is 7.61. The molecular formula is C21H32N2O3. The van der Waals surface area contributed by atoms with Crippen LogP contribution >= 0.6 is 0 Å². The summed E-state index contributed by atoms with van der Waals surface area (Å²) in [6.07, 6.45) is 9.15. The number of carbonyl (C=O) groups excluding carboxylic acids is 1. The lowest BCUT2D eigenvalue weighted by atomic mass is 9.88. The number of nitrogens with zero attached hydrogens (tertiary/aromatic N) is 1. The molecule has 1 aliphatic heterocycles. The van der Waals surface area contributed by atoms with E-state index in [-0.39, 0.29) is 18.6 Å². The average Bonchev–Trinajstić information content (AvgIpc) is 2.67. The third-order valence-electron chi connectivity index (χ3n) is 5.54. The number of ether oxygens (including phenoxy) is 2. The van der Waals surface area contributed by atoms with E-state index in [2.05, 4.69) is 10.2 Å². The first-order valence-corrected chi connectivity index (χ1v) is 10.0. The Morgan fingerprint density at radius 2 is 1.88 bits per heavy atom. The van der Waals surface area contributed by atoms with Crippen LogP contribution in [-0.4, -0.2) is 50.2 Å². The fourth-order valence-corrected chi connectivity index (χ4v) is 4.22. The van der Waals surface area contributed by atoms with Gasteiger partial charge in [-0.1, -0.05) is 31.4 Å². The molecule has 5 nitrogen and oxygen atoms in total. The standard InChI is InChI=1S/C21H32N2O3/c1-25-19-11-5-6-12-20(19)26-16-21(24)22-18-10-7-13-23(15-18)14-17-8-3-2-4-9-17/h5-6,11-12,17-18H,2-4,7-10,13-16H2,1H3,(H,22,24)/t18-/m0/s1. The summed E-state index contributed by atoms with van der Waals surface area (Å²) in [6, 6.07) is 7.64. The lowest BCUT2D eigenvalue weighted by Gasteiger charge is -2.36. The molecule has 0 bridgehead atoms. The van der Waals surface area contributed by atoms with Gasteiger partial charge in [-0.15, -0.1) is 0 Å². The lowest BCUT2D eigenvalue weighted by Crippen LogP contribution is -2.49. The SMILES string of the molecule is COc1ccccc1OCC(=O)N[C@H]1CCCN(CC2CCCCC2)C1. The van der Waals surface area contributed by atoms with E-state index in [4.69, 9.17) is 9.47 Å². The van der Waals surface area contributed by atoms with E-state index < -0.39 is 0 Å². The largest absolute Gasteiger partial charge is 0.493 e. The topological polar surface area (TPSA) is 50.8 Å². The average molecular weight is 360 g/mol. The highest BCUT2D eigenvalue weighted by atomic mass is 16.5. The lowest BCUT2D eigenvalue weighted by molar-refractivity contribution is -0.124. The molecule has 1 saturated carbocycles. The summed E-state index contributed by atoms with van der Waals surface area (Å²) in [7, 11) is 1.60. The summed E-state index contributed by atoms with van der Waals surface area (Å²) in [5, 5.41) is 3.15. The second-order valence-electron chi connectivity index (χ2n) is 7.61. The van der Waals surface area contributed by atoms with Crippen LogP contribution in [0, 0.1) is 5.92 Å². The molecule has 1 saturated heterocycles. The first-order valence-electron chi connectivity index (χ1n) is 10.0. The summed E-state index contributed by atoms with van der Waals surface area (Å²) in [4.78, 5) is 14.8. The molecule has 1 aliphatic carbocycles. The van der Waals surface area contributed by atoms with Crippen molar-refractivity contribution in [2.24, 2.45) is 5.92 Å².